The van der Waals surface area contributed by atoms with Crippen molar-refractivity contribution in [2.24, 2.45) is 0 Å². The highest BCUT2D eigenvalue weighted by molar-refractivity contribution is 5.71. The molecule has 0 saturated heterocycles. The van der Waals surface area contributed by atoms with E-state index >= 15 is 0 Å². The quantitative estimate of drug-likeness (QED) is 0.499. The number of fused-ring (bicyclic) bond motifs is 1. The maximum atomic E-state index is 12.9. The number of carbonyl (C=O) groups excluding carboxylic acids is 2. The lowest BCUT2D eigenvalue weighted by molar-refractivity contribution is -0.141. The maximum Gasteiger partial charge on any atom is 0.410 e. The van der Waals surface area contributed by atoms with Crippen LogP contribution < -0.4 is 10.1 Å². The van der Waals surface area contributed by atoms with E-state index in [1.54, 1.807) is 18.9 Å². The SMILES string of the molecule is CCOC(=O)CNCCN(C(=O)OC(C)(C)C)C1CCc2cc(C#N)c(OC)cc2C1. The predicted octanol–water partition coefficient (Wildman–Crippen LogP) is 2.81. The van der Waals surface area contributed by atoms with Crippen LogP contribution >= 0.6 is 0 Å². The van der Waals surface area contributed by atoms with E-state index < -0.39 is 5.60 Å². The van der Waals surface area contributed by atoms with Gasteiger partial charge in [-0.15, -0.1) is 0 Å². The van der Waals surface area contributed by atoms with E-state index in [-0.39, 0.29) is 24.6 Å². The number of hydrogen-bond donors (Lipinski definition) is 1. The van der Waals surface area contributed by atoms with Crippen molar-refractivity contribution in [2.75, 3.05) is 33.4 Å². The summed E-state index contributed by atoms with van der Waals surface area (Å²) in [6, 6.07) is 5.89. The standard InChI is InChI=1S/C23H33N3O5/c1-6-30-21(27)15-25-9-10-26(22(28)31-23(2,3)4)19-8-7-16-11-18(14-24)20(29-5)13-17(16)12-19/h11,13,19,25H,6-10,12,15H2,1-5H3. The molecule has 1 aromatic rings. The second-order valence-electron chi connectivity index (χ2n) is 8.49. The van der Waals surface area contributed by atoms with E-state index in [9.17, 15) is 14.9 Å². The van der Waals surface area contributed by atoms with Gasteiger partial charge in [0.25, 0.3) is 0 Å². The van der Waals surface area contributed by atoms with Gasteiger partial charge in [0, 0.05) is 19.1 Å². The number of esters is 1. The van der Waals surface area contributed by atoms with E-state index in [1.807, 2.05) is 32.9 Å². The van der Waals surface area contributed by atoms with Crippen LogP contribution in [-0.2, 0) is 27.1 Å². The zero-order chi connectivity index (χ0) is 23.0. The Balaban J connectivity index is 2.13. The van der Waals surface area contributed by atoms with Gasteiger partial charge in [0.2, 0.25) is 0 Å². The number of nitrogens with one attached hydrogen (secondary N) is 1. The fourth-order valence-corrected chi connectivity index (χ4v) is 3.64. The summed E-state index contributed by atoms with van der Waals surface area (Å²) < 4.78 is 15.9. The van der Waals surface area contributed by atoms with Crippen molar-refractivity contribution in [3.63, 3.8) is 0 Å². The van der Waals surface area contributed by atoms with Gasteiger partial charge in [-0.05, 0) is 70.2 Å². The molecule has 1 aliphatic rings. The number of carbonyl (C=O) groups is 2. The number of aryl methyl sites for hydroxylation is 1. The first-order chi connectivity index (χ1) is 14.7. The number of nitriles is 1. The Kier molecular flexibility index (Phi) is 8.69. The van der Waals surface area contributed by atoms with Crippen molar-refractivity contribution >= 4 is 12.1 Å². The van der Waals surface area contributed by atoms with Crippen LogP contribution in [0.2, 0.25) is 0 Å². The summed E-state index contributed by atoms with van der Waals surface area (Å²) in [5.41, 5.74) is 2.09. The number of hydrogen-bond acceptors (Lipinski definition) is 7. The van der Waals surface area contributed by atoms with Gasteiger partial charge in [-0.1, -0.05) is 0 Å². The first-order valence-corrected chi connectivity index (χ1v) is 10.6. The molecular formula is C23H33N3O5. The van der Waals surface area contributed by atoms with Crippen LogP contribution in [0.3, 0.4) is 0 Å². The summed E-state index contributed by atoms with van der Waals surface area (Å²) >= 11 is 0. The van der Waals surface area contributed by atoms with Crippen LogP contribution in [0.15, 0.2) is 12.1 Å². The Hall–Kier alpha value is -2.79. The molecule has 0 heterocycles. The molecule has 0 saturated carbocycles. The van der Waals surface area contributed by atoms with Crippen molar-refractivity contribution in [3.8, 4) is 11.8 Å². The lowest BCUT2D eigenvalue weighted by Crippen LogP contribution is -2.48. The van der Waals surface area contributed by atoms with E-state index in [0.29, 0.717) is 37.4 Å². The summed E-state index contributed by atoms with van der Waals surface area (Å²) in [4.78, 5) is 26.2. The fraction of sp³-hybridized carbons (Fsp3) is 0.609. The van der Waals surface area contributed by atoms with Gasteiger partial charge in [0.1, 0.15) is 17.4 Å². The molecule has 1 aromatic carbocycles. The van der Waals surface area contributed by atoms with E-state index in [1.165, 1.54) is 0 Å². The molecule has 1 amide bonds. The minimum absolute atomic E-state index is 0.0515. The number of benzene rings is 1. The summed E-state index contributed by atoms with van der Waals surface area (Å²) in [6.45, 7) is 8.56. The number of methoxy groups -OCH3 is 1. The van der Waals surface area contributed by atoms with Gasteiger partial charge in [-0.2, -0.15) is 5.26 Å². The average molecular weight is 432 g/mol. The first-order valence-electron chi connectivity index (χ1n) is 10.6. The summed E-state index contributed by atoms with van der Waals surface area (Å²) in [6.07, 6.45) is 1.80. The van der Waals surface area contributed by atoms with Gasteiger partial charge in [-0.3, -0.25) is 4.79 Å². The monoisotopic (exact) mass is 431 g/mol. The van der Waals surface area contributed by atoms with Crippen LogP contribution in [0, 0.1) is 11.3 Å². The smallest absolute Gasteiger partial charge is 0.410 e. The first kappa shape index (κ1) is 24.5. The Labute approximate surface area is 184 Å². The molecular weight excluding hydrogens is 398 g/mol. The topological polar surface area (TPSA) is 101 Å². The normalized spacial score (nSPS) is 15.4. The zero-order valence-corrected chi connectivity index (χ0v) is 19.1. The Morgan fingerprint density at radius 3 is 2.65 bits per heavy atom. The molecule has 2 rings (SSSR count). The van der Waals surface area contributed by atoms with Gasteiger partial charge in [0.15, 0.2) is 0 Å². The van der Waals surface area contributed by atoms with Crippen LogP contribution in [0.25, 0.3) is 0 Å². The van der Waals surface area contributed by atoms with Gasteiger partial charge in [0.05, 0.1) is 25.8 Å². The highest BCUT2D eigenvalue weighted by Gasteiger charge is 2.31. The van der Waals surface area contributed by atoms with Crippen molar-refractivity contribution in [1.29, 1.82) is 5.26 Å². The molecule has 1 atom stereocenters. The second kappa shape index (κ2) is 11.0. The zero-order valence-electron chi connectivity index (χ0n) is 19.1. The highest BCUT2D eigenvalue weighted by Crippen LogP contribution is 2.31. The van der Waals surface area contributed by atoms with Crippen LogP contribution in [0.5, 0.6) is 5.75 Å². The second-order valence-corrected chi connectivity index (χ2v) is 8.49. The lowest BCUT2D eigenvalue weighted by Gasteiger charge is -2.36. The van der Waals surface area contributed by atoms with Crippen molar-refractivity contribution < 1.29 is 23.8 Å². The molecule has 31 heavy (non-hydrogen) atoms. The van der Waals surface area contributed by atoms with E-state index in [2.05, 4.69) is 11.4 Å². The number of ether oxygens (including phenoxy) is 3. The minimum Gasteiger partial charge on any atom is -0.495 e. The summed E-state index contributed by atoms with van der Waals surface area (Å²) in [5.74, 6) is 0.222. The van der Waals surface area contributed by atoms with Crippen LogP contribution in [0.4, 0.5) is 4.79 Å². The Bertz CT molecular complexity index is 826. The molecule has 8 heteroatoms. The molecule has 1 unspecified atom stereocenters. The van der Waals surface area contributed by atoms with Crippen LogP contribution in [0.1, 0.15) is 50.8 Å². The molecule has 1 aliphatic carbocycles. The maximum absolute atomic E-state index is 12.9. The molecule has 0 bridgehead atoms. The van der Waals surface area contributed by atoms with Crippen molar-refractivity contribution in [3.05, 3.63) is 28.8 Å². The largest absolute Gasteiger partial charge is 0.495 e. The molecule has 0 aromatic heterocycles. The van der Waals surface area contributed by atoms with Crippen molar-refractivity contribution in [1.82, 2.24) is 10.2 Å². The summed E-state index contributed by atoms with van der Waals surface area (Å²) in [5, 5.41) is 12.4. The molecule has 0 aliphatic heterocycles. The van der Waals surface area contributed by atoms with E-state index in [0.717, 1.165) is 24.0 Å². The third-order valence-electron chi connectivity index (χ3n) is 5.02. The van der Waals surface area contributed by atoms with E-state index in [4.69, 9.17) is 14.2 Å². The Morgan fingerprint density at radius 2 is 2.03 bits per heavy atom. The molecule has 1 N–H and O–H groups in total. The van der Waals surface area contributed by atoms with Gasteiger partial charge >= 0.3 is 12.1 Å². The molecule has 0 radical (unpaired) electrons. The average Bonchev–Trinajstić information content (AvgIpc) is 2.71. The Morgan fingerprint density at radius 1 is 1.29 bits per heavy atom. The van der Waals surface area contributed by atoms with Crippen LogP contribution in [-0.4, -0.2) is 62.0 Å². The number of amides is 1. The van der Waals surface area contributed by atoms with Gasteiger partial charge in [-0.25, -0.2) is 4.79 Å². The third kappa shape index (κ3) is 7.14. The van der Waals surface area contributed by atoms with Crippen molar-refractivity contribution in [2.45, 2.75) is 58.6 Å². The number of rotatable bonds is 8. The lowest BCUT2D eigenvalue weighted by atomic mass is 9.86. The minimum atomic E-state index is -0.606. The number of nitrogens with zero attached hydrogens (tertiary/aromatic N) is 2. The highest BCUT2D eigenvalue weighted by atomic mass is 16.6. The molecule has 170 valence electrons. The molecule has 0 spiro atoms. The molecule has 0 fully saturated rings. The summed E-state index contributed by atoms with van der Waals surface area (Å²) in [7, 11) is 1.55. The predicted molar refractivity (Wildman–Crippen MR) is 116 cm³/mol. The fourth-order valence-electron chi connectivity index (χ4n) is 3.64. The molecule has 8 nitrogen and oxygen atoms in total. The third-order valence-corrected chi connectivity index (χ3v) is 5.02. The van der Waals surface area contributed by atoms with Gasteiger partial charge < -0.3 is 24.4 Å².